The van der Waals surface area contributed by atoms with Crippen LogP contribution in [0, 0.1) is 11.6 Å². The van der Waals surface area contributed by atoms with Gasteiger partial charge in [-0.1, -0.05) is 32.9 Å². The van der Waals surface area contributed by atoms with Gasteiger partial charge in [-0.2, -0.15) is 0 Å². The molecular formula is C17H28F2N2. The summed E-state index contributed by atoms with van der Waals surface area (Å²) in [7, 11) is 0. The van der Waals surface area contributed by atoms with Crippen molar-refractivity contribution in [2.24, 2.45) is 0 Å². The van der Waals surface area contributed by atoms with Crippen LogP contribution in [0.3, 0.4) is 0 Å². The lowest BCUT2D eigenvalue weighted by molar-refractivity contribution is 0.240. The predicted molar refractivity (Wildman–Crippen MR) is 84.4 cm³/mol. The van der Waals surface area contributed by atoms with E-state index in [1.807, 2.05) is 0 Å². The van der Waals surface area contributed by atoms with Crippen molar-refractivity contribution < 1.29 is 8.78 Å². The van der Waals surface area contributed by atoms with Gasteiger partial charge >= 0.3 is 0 Å². The van der Waals surface area contributed by atoms with Crippen molar-refractivity contribution in [2.75, 3.05) is 26.2 Å². The molecule has 120 valence electrons. The zero-order valence-corrected chi connectivity index (χ0v) is 13.5. The Hall–Kier alpha value is -1.00. The van der Waals surface area contributed by atoms with E-state index in [2.05, 4.69) is 31.0 Å². The van der Waals surface area contributed by atoms with E-state index in [9.17, 15) is 8.78 Å². The molecule has 1 rings (SSSR count). The van der Waals surface area contributed by atoms with Crippen molar-refractivity contribution in [3.63, 3.8) is 0 Å². The maximum Gasteiger partial charge on any atom is 0.163 e. The second-order valence-electron chi connectivity index (χ2n) is 5.45. The van der Waals surface area contributed by atoms with Gasteiger partial charge in [-0.25, -0.2) is 8.78 Å². The van der Waals surface area contributed by atoms with Gasteiger partial charge in [0.2, 0.25) is 0 Å². The highest BCUT2D eigenvalue weighted by Crippen LogP contribution is 2.21. The molecule has 0 aliphatic rings. The first-order valence-electron chi connectivity index (χ1n) is 8.03. The van der Waals surface area contributed by atoms with Gasteiger partial charge in [-0.05, 0) is 45.0 Å². The van der Waals surface area contributed by atoms with Crippen LogP contribution < -0.4 is 5.32 Å². The fraction of sp³-hybridized carbons (Fsp3) is 0.647. The quantitative estimate of drug-likeness (QED) is 0.699. The van der Waals surface area contributed by atoms with Gasteiger partial charge in [0.05, 0.1) is 0 Å². The van der Waals surface area contributed by atoms with Crippen LogP contribution in [0.4, 0.5) is 8.78 Å². The molecule has 1 atom stereocenters. The summed E-state index contributed by atoms with van der Waals surface area (Å²) in [4.78, 5) is 2.32. The molecule has 1 N–H and O–H groups in total. The maximum atomic E-state index is 14.1. The minimum Gasteiger partial charge on any atom is -0.309 e. The van der Waals surface area contributed by atoms with Gasteiger partial charge in [0.25, 0.3) is 0 Å². The summed E-state index contributed by atoms with van der Waals surface area (Å²) in [5, 5.41) is 3.35. The molecule has 2 nitrogen and oxygen atoms in total. The Kier molecular flexibility index (Phi) is 8.47. The SMILES string of the molecule is CCCNC(CN(CCC)CCC)c1cccc(F)c1F. The molecule has 0 fully saturated rings. The third kappa shape index (κ3) is 5.71. The van der Waals surface area contributed by atoms with E-state index in [1.165, 1.54) is 6.07 Å². The maximum absolute atomic E-state index is 14.1. The molecule has 1 aromatic carbocycles. The zero-order chi connectivity index (χ0) is 15.7. The lowest BCUT2D eigenvalue weighted by Gasteiger charge is -2.28. The summed E-state index contributed by atoms with van der Waals surface area (Å²) in [6.07, 6.45) is 3.09. The average Bonchev–Trinajstić information content (AvgIpc) is 2.47. The van der Waals surface area contributed by atoms with Crippen molar-refractivity contribution in [3.8, 4) is 0 Å². The molecule has 0 aliphatic heterocycles. The Balaban J connectivity index is 2.90. The fourth-order valence-electron chi connectivity index (χ4n) is 2.57. The lowest BCUT2D eigenvalue weighted by Crippen LogP contribution is -2.37. The molecular weight excluding hydrogens is 270 g/mol. The van der Waals surface area contributed by atoms with Crippen LogP contribution in [0.2, 0.25) is 0 Å². The van der Waals surface area contributed by atoms with Crippen molar-refractivity contribution in [1.29, 1.82) is 0 Å². The Labute approximate surface area is 127 Å². The van der Waals surface area contributed by atoms with Crippen LogP contribution in [-0.2, 0) is 0 Å². The average molecular weight is 298 g/mol. The largest absolute Gasteiger partial charge is 0.309 e. The van der Waals surface area contributed by atoms with Crippen molar-refractivity contribution in [2.45, 2.75) is 46.1 Å². The minimum absolute atomic E-state index is 0.168. The highest BCUT2D eigenvalue weighted by Gasteiger charge is 2.20. The van der Waals surface area contributed by atoms with E-state index < -0.39 is 11.6 Å². The van der Waals surface area contributed by atoms with E-state index in [1.54, 1.807) is 12.1 Å². The second kappa shape index (κ2) is 9.85. The zero-order valence-electron chi connectivity index (χ0n) is 13.5. The van der Waals surface area contributed by atoms with E-state index in [4.69, 9.17) is 0 Å². The normalized spacial score (nSPS) is 12.9. The summed E-state index contributed by atoms with van der Waals surface area (Å²) in [5.41, 5.74) is 0.431. The molecule has 0 bridgehead atoms. The summed E-state index contributed by atoms with van der Waals surface area (Å²) < 4.78 is 27.5. The topological polar surface area (TPSA) is 15.3 Å². The summed E-state index contributed by atoms with van der Waals surface area (Å²) in [6.45, 7) is 9.82. The Morgan fingerprint density at radius 2 is 1.71 bits per heavy atom. The number of hydrogen-bond donors (Lipinski definition) is 1. The van der Waals surface area contributed by atoms with Gasteiger partial charge in [0.1, 0.15) is 0 Å². The van der Waals surface area contributed by atoms with Gasteiger partial charge in [-0.3, -0.25) is 0 Å². The van der Waals surface area contributed by atoms with Gasteiger partial charge in [0.15, 0.2) is 11.6 Å². The van der Waals surface area contributed by atoms with Gasteiger partial charge in [0, 0.05) is 18.2 Å². The van der Waals surface area contributed by atoms with E-state index >= 15 is 0 Å². The third-order valence-corrected chi connectivity index (χ3v) is 3.52. The number of halogens is 2. The smallest absolute Gasteiger partial charge is 0.163 e. The highest BCUT2D eigenvalue weighted by atomic mass is 19.2. The van der Waals surface area contributed by atoms with Crippen LogP contribution >= 0.6 is 0 Å². The molecule has 0 heterocycles. The van der Waals surface area contributed by atoms with Crippen molar-refractivity contribution in [1.82, 2.24) is 10.2 Å². The Morgan fingerprint density at radius 3 is 2.29 bits per heavy atom. The van der Waals surface area contributed by atoms with Crippen molar-refractivity contribution >= 4 is 0 Å². The van der Waals surface area contributed by atoms with Gasteiger partial charge < -0.3 is 10.2 Å². The van der Waals surface area contributed by atoms with Gasteiger partial charge in [-0.15, -0.1) is 0 Å². The van der Waals surface area contributed by atoms with Crippen LogP contribution in [0.15, 0.2) is 18.2 Å². The molecule has 0 spiro atoms. The number of hydrogen-bond acceptors (Lipinski definition) is 2. The molecule has 0 saturated heterocycles. The molecule has 4 heteroatoms. The first-order valence-corrected chi connectivity index (χ1v) is 8.03. The van der Waals surface area contributed by atoms with E-state index in [0.29, 0.717) is 12.1 Å². The molecule has 0 amide bonds. The Bertz CT molecular complexity index is 404. The van der Waals surface area contributed by atoms with Crippen LogP contribution in [-0.4, -0.2) is 31.1 Å². The minimum atomic E-state index is -0.770. The standard InChI is InChI=1S/C17H28F2N2/c1-4-10-20-16(13-21(11-5-2)12-6-3)14-8-7-9-15(18)17(14)19/h7-9,16,20H,4-6,10-13H2,1-3H3. The Morgan fingerprint density at radius 1 is 1.05 bits per heavy atom. The number of benzene rings is 1. The molecule has 0 aromatic heterocycles. The van der Waals surface area contributed by atoms with Crippen LogP contribution in [0.25, 0.3) is 0 Å². The summed E-state index contributed by atoms with van der Waals surface area (Å²) in [6, 6.07) is 4.27. The summed E-state index contributed by atoms with van der Waals surface area (Å²) in [5.74, 6) is -1.49. The molecule has 0 aliphatic carbocycles. The number of rotatable bonds is 10. The molecule has 0 radical (unpaired) electrons. The first kappa shape index (κ1) is 18.1. The number of nitrogens with one attached hydrogen (secondary N) is 1. The van der Waals surface area contributed by atoms with E-state index in [0.717, 1.165) is 38.9 Å². The summed E-state index contributed by atoms with van der Waals surface area (Å²) >= 11 is 0. The van der Waals surface area contributed by atoms with Crippen LogP contribution in [0.1, 0.15) is 51.6 Å². The molecule has 1 unspecified atom stereocenters. The highest BCUT2D eigenvalue weighted by molar-refractivity contribution is 5.23. The third-order valence-electron chi connectivity index (χ3n) is 3.52. The van der Waals surface area contributed by atoms with E-state index in [-0.39, 0.29) is 6.04 Å². The van der Waals surface area contributed by atoms with Crippen molar-refractivity contribution in [3.05, 3.63) is 35.4 Å². The molecule has 1 aromatic rings. The van der Waals surface area contributed by atoms with Crippen LogP contribution in [0.5, 0.6) is 0 Å². The molecule has 0 saturated carbocycles. The molecule has 21 heavy (non-hydrogen) atoms. The predicted octanol–water partition coefficient (Wildman–Crippen LogP) is 4.13. The fourth-order valence-corrected chi connectivity index (χ4v) is 2.57. The first-order chi connectivity index (χ1) is 10.1. The lowest BCUT2D eigenvalue weighted by atomic mass is 10.0. The second-order valence-corrected chi connectivity index (χ2v) is 5.45. The number of nitrogens with zero attached hydrogens (tertiary/aromatic N) is 1. The monoisotopic (exact) mass is 298 g/mol.